The number of ether oxygens (including phenoxy) is 4. The van der Waals surface area contributed by atoms with E-state index in [0.717, 1.165) is 23.4 Å². The third-order valence-electron chi connectivity index (χ3n) is 4.57. The number of aromatic nitrogens is 1. The summed E-state index contributed by atoms with van der Waals surface area (Å²) in [5, 5.41) is 5.27. The minimum Gasteiger partial charge on any atom is -0.490 e. The summed E-state index contributed by atoms with van der Waals surface area (Å²) in [6.07, 6.45) is 0.817. The zero-order valence-electron chi connectivity index (χ0n) is 15.5. The van der Waals surface area contributed by atoms with Crippen molar-refractivity contribution in [1.29, 1.82) is 0 Å². The third kappa shape index (κ3) is 3.71. The molecule has 1 N–H and O–H groups in total. The van der Waals surface area contributed by atoms with Crippen LogP contribution >= 0.6 is 11.3 Å². The smallest absolute Gasteiger partial charge is 0.257 e. The molecule has 3 aromatic rings. The molecule has 0 bridgehead atoms. The Morgan fingerprint density at radius 1 is 0.862 bits per heavy atom. The Hall–Kier alpha value is -3.26. The molecule has 2 aromatic carbocycles. The van der Waals surface area contributed by atoms with Gasteiger partial charge in [0.15, 0.2) is 28.1 Å². The van der Waals surface area contributed by atoms with Crippen molar-refractivity contribution < 1.29 is 23.7 Å². The number of hydrogen-bond donors (Lipinski definition) is 1. The first kappa shape index (κ1) is 17.8. The lowest BCUT2D eigenvalue weighted by atomic mass is 10.1. The molecule has 148 valence electrons. The van der Waals surface area contributed by atoms with E-state index in [-0.39, 0.29) is 5.91 Å². The van der Waals surface area contributed by atoms with Crippen LogP contribution in [0.25, 0.3) is 11.3 Å². The maximum atomic E-state index is 12.6. The summed E-state index contributed by atoms with van der Waals surface area (Å²) >= 11 is 1.37. The van der Waals surface area contributed by atoms with Crippen LogP contribution in [0.15, 0.2) is 41.8 Å². The van der Waals surface area contributed by atoms with Gasteiger partial charge in [-0.25, -0.2) is 4.98 Å². The largest absolute Gasteiger partial charge is 0.490 e. The van der Waals surface area contributed by atoms with Crippen LogP contribution in [-0.2, 0) is 0 Å². The molecule has 29 heavy (non-hydrogen) atoms. The first-order valence-electron chi connectivity index (χ1n) is 9.33. The molecule has 0 radical (unpaired) electrons. The fraction of sp³-hybridized carbons (Fsp3) is 0.238. The Kier molecular flexibility index (Phi) is 4.69. The molecular weight excluding hydrogens is 392 g/mol. The van der Waals surface area contributed by atoms with Crippen LogP contribution in [0, 0.1) is 0 Å². The van der Waals surface area contributed by atoms with Gasteiger partial charge in [0.05, 0.1) is 18.9 Å². The molecule has 1 aromatic heterocycles. The average molecular weight is 410 g/mol. The molecule has 5 rings (SSSR count). The molecule has 0 atom stereocenters. The molecule has 1 amide bonds. The zero-order chi connectivity index (χ0) is 19.6. The number of nitrogens with one attached hydrogen (secondary N) is 1. The van der Waals surface area contributed by atoms with Crippen molar-refractivity contribution >= 4 is 22.4 Å². The number of fused-ring (bicyclic) bond motifs is 2. The highest BCUT2D eigenvalue weighted by Gasteiger charge is 2.17. The van der Waals surface area contributed by atoms with E-state index in [2.05, 4.69) is 10.3 Å². The van der Waals surface area contributed by atoms with E-state index in [1.165, 1.54) is 11.3 Å². The van der Waals surface area contributed by atoms with Gasteiger partial charge in [-0.1, -0.05) is 0 Å². The van der Waals surface area contributed by atoms with Crippen LogP contribution in [-0.4, -0.2) is 37.3 Å². The van der Waals surface area contributed by atoms with E-state index in [0.29, 0.717) is 54.4 Å². The van der Waals surface area contributed by atoms with Gasteiger partial charge in [-0.15, -0.1) is 11.3 Å². The number of nitrogens with zero attached hydrogens (tertiary/aromatic N) is 1. The molecule has 0 spiro atoms. The lowest BCUT2D eigenvalue weighted by molar-refractivity contribution is 0.102. The van der Waals surface area contributed by atoms with Crippen molar-refractivity contribution in [2.45, 2.75) is 6.42 Å². The highest BCUT2D eigenvalue weighted by molar-refractivity contribution is 7.14. The Labute approximate surface area is 171 Å². The third-order valence-corrected chi connectivity index (χ3v) is 5.33. The lowest BCUT2D eigenvalue weighted by Crippen LogP contribution is -2.15. The van der Waals surface area contributed by atoms with Crippen molar-refractivity contribution in [3.8, 4) is 34.3 Å². The average Bonchev–Trinajstić information content (AvgIpc) is 3.09. The van der Waals surface area contributed by atoms with Crippen molar-refractivity contribution in [3.63, 3.8) is 0 Å². The van der Waals surface area contributed by atoms with Crippen LogP contribution in [0.5, 0.6) is 23.0 Å². The maximum Gasteiger partial charge on any atom is 0.257 e. The zero-order valence-corrected chi connectivity index (χ0v) is 16.3. The van der Waals surface area contributed by atoms with E-state index in [9.17, 15) is 4.79 Å². The van der Waals surface area contributed by atoms with Gasteiger partial charge in [-0.2, -0.15) is 0 Å². The quantitative estimate of drug-likeness (QED) is 0.703. The van der Waals surface area contributed by atoms with Gasteiger partial charge in [0, 0.05) is 22.9 Å². The van der Waals surface area contributed by atoms with Crippen LogP contribution in [0.4, 0.5) is 5.13 Å². The second-order valence-corrected chi connectivity index (χ2v) is 7.42. The van der Waals surface area contributed by atoms with E-state index in [1.807, 2.05) is 23.6 Å². The summed E-state index contributed by atoms with van der Waals surface area (Å²) in [7, 11) is 0. The first-order valence-corrected chi connectivity index (χ1v) is 10.2. The summed E-state index contributed by atoms with van der Waals surface area (Å²) in [6, 6.07) is 10.9. The molecule has 7 nitrogen and oxygen atoms in total. The predicted octanol–water partition coefficient (Wildman–Crippen LogP) is 3.99. The number of carbonyl (C=O) groups is 1. The summed E-state index contributed by atoms with van der Waals surface area (Å²) in [6.45, 7) is 2.27. The number of thiazole rings is 1. The van der Waals surface area contributed by atoms with Crippen molar-refractivity contribution in [3.05, 3.63) is 47.3 Å². The molecule has 8 heteroatoms. The second-order valence-electron chi connectivity index (χ2n) is 6.56. The molecular formula is C21H18N2O5S. The van der Waals surface area contributed by atoms with Crippen LogP contribution in [0.1, 0.15) is 16.8 Å². The SMILES string of the molecule is O=C(Nc1nc(-c2ccc3c(c2)OCCO3)cs1)c1ccc2c(c1)OCCCO2. The van der Waals surface area contributed by atoms with Gasteiger partial charge >= 0.3 is 0 Å². The minimum atomic E-state index is -0.247. The fourth-order valence-corrected chi connectivity index (χ4v) is 3.85. The number of benzene rings is 2. The van der Waals surface area contributed by atoms with Crippen LogP contribution < -0.4 is 24.3 Å². The van der Waals surface area contributed by atoms with Gasteiger partial charge in [0.25, 0.3) is 5.91 Å². The number of amides is 1. The molecule has 0 unspecified atom stereocenters. The minimum absolute atomic E-state index is 0.247. The van der Waals surface area contributed by atoms with Crippen LogP contribution in [0.3, 0.4) is 0 Å². The maximum absolute atomic E-state index is 12.6. The number of anilines is 1. The molecule has 2 aliphatic rings. The first-order chi connectivity index (χ1) is 14.3. The van der Waals surface area contributed by atoms with Gasteiger partial charge < -0.3 is 18.9 Å². The van der Waals surface area contributed by atoms with Crippen molar-refractivity contribution in [1.82, 2.24) is 4.98 Å². The highest BCUT2D eigenvalue weighted by Crippen LogP contribution is 2.35. The van der Waals surface area contributed by atoms with Crippen LogP contribution in [0.2, 0.25) is 0 Å². The fourth-order valence-electron chi connectivity index (χ4n) is 3.14. The number of rotatable bonds is 3. The summed E-state index contributed by atoms with van der Waals surface area (Å²) in [4.78, 5) is 17.2. The van der Waals surface area contributed by atoms with Gasteiger partial charge in [-0.3, -0.25) is 10.1 Å². The molecule has 2 aliphatic heterocycles. The van der Waals surface area contributed by atoms with Gasteiger partial charge in [-0.05, 0) is 36.4 Å². The number of carbonyl (C=O) groups excluding carboxylic acids is 1. The molecule has 0 aliphatic carbocycles. The Morgan fingerprint density at radius 3 is 2.41 bits per heavy atom. The standard InChI is InChI=1S/C21H18N2O5S/c24-20(14-3-5-16-19(11-14)26-7-1-6-25-16)23-21-22-15(12-29-21)13-2-4-17-18(10-13)28-9-8-27-17/h2-5,10-12H,1,6-9H2,(H,22,23,24). The lowest BCUT2D eigenvalue weighted by Gasteiger charge is -2.18. The van der Waals surface area contributed by atoms with Crippen molar-refractivity contribution in [2.24, 2.45) is 0 Å². The number of hydrogen-bond acceptors (Lipinski definition) is 7. The van der Waals surface area contributed by atoms with E-state index in [4.69, 9.17) is 18.9 Å². The van der Waals surface area contributed by atoms with E-state index in [1.54, 1.807) is 18.2 Å². The Morgan fingerprint density at radius 2 is 1.55 bits per heavy atom. The molecule has 3 heterocycles. The molecule has 0 saturated carbocycles. The molecule has 0 saturated heterocycles. The second kappa shape index (κ2) is 7.63. The summed E-state index contributed by atoms with van der Waals surface area (Å²) in [5.74, 6) is 2.45. The van der Waals surface area contributed by atoms with Gasteiger partial charge in [0.2, 0.25) is 0 Å². The van der Waals surface area contributed by atoms with E-state index >= 15 is 0 Å². The Bertz CT molecular complexity index is 1060. The predicted molar refractivity (Wildman–Crippen MR) is 109 cm³/mol. The Balaban J connectivity index is 1.32. The normalized spacial score (nSPS) is 14.8. The topological polar surface area (TPSA) is 78.9 Å². The summed E-state index contributed by atoms with van der Waals surface area (Å²) < 4.78 is 22.4. The molecule has 0 fully saturated rings. The monoisotopic (exact) mass is 410 g/mol. The van der Waals surface area contributed by atoms with Gasteiger partial charge in [0.1, 0.15) is 13.2 Å². The highest BCUT2D eigenvalue weighted by atomic mass is 32.1. The summed E-state index contributed by atoms with van der Waals surface area (Å²) in [5.41, 5.74) is 2.16. The van der Waals surface area contributed by atoms with Crippen molar-refractivity contribution in [2.75, 3.05) is 31.7 Å². The van der Waals surface area contributed by atoms with E-state index < -0.39 is 0 Å².